The normalized spacial score (nSPS) is 24.7. The lowest BCUT2D eigenvalue weighted by molar-refractivity contribution is 0.120. The van der Waals surface area contributed by atoms with Crippen LogP contribution in [-0.4, -0.2) is 32.7 Å². The zero-order valence-corrected chi connectivity index (χ0v) is 13.4. The van der Waals surface area contributed by atoms with Gasteiger partial charge in [-0.3, -0.25) is 0 Å². The first kappa shape index (κ1) is 16.4. The Morgan fingerprint density at radius 3 is 2.52 bits per heavy atom. The third-order valence-electron chi connectivity index (χ3n) is 4.12. The standard InChI is InChI=1S/C15H24N2O3S/c1-11(16-2)12-4-3-5-15(10-12)21(19,20)17-13-6-8-14(18)9-7-13/h3-5,10-11,13-14,16-18H,6-9H2,1-2H3. The van der Waals surface area contributed by atoms with Gasteiger partial charge in [0.15, 0.2) is 0 Å². The monoisotopic (exact) mass is 312 g/mol. The molecule has 6 heteroatoms. The number of aliphatic hydroxyl groups is 1. The van der Waals surface area contributed by atoms with E-state index in [1.807, 2.05) is 20.0 Å². The van der Waals surface area contributed by atoms with Crippen LogP contribution in [0.1, 0.15) is 44.2 Å². The molecule has 1 aromatic carbocycles. The summed E-state index contributed by atoms with van der Waals surface area (Å²) in [6.07, 6.45) is 2.40. The molecule has 1 aromatic rings. The number of aliphatic hydroxyl groups excluding tert-OH is 1. The molecule has 1 aliphatic rings. The van der Waals surface area contributed by atoms with Gasteiger partial charge in [0.05, 0.1) is 11.0 Å². The van der Waals surface area contributed by atoms with E-state index < -0.39 is 10.0 Å². The van der Waals surface area contributed by atoms with Crippen LogP contribution in [0.5, 0.6) is 0 Å². The van der Waals surface area contributed by atoms with Crippen LogP contribution < -0.4 is 10.0 Å². The Kier molecular flexibility index (Phi) is 5.37. The summed E-state index contributed by atoms with van der Waals surface area (Å²) in [7, 11) is -1.66. The van der Waals surface area contributed by atoms with Crippen LogP contribution in [0.2, 0.25) is 0 Å². The molecule has 0 spiro atoms. The van der Waals surface area contributed by atoms with Gasteiger partial charge in [0.25, 0.3) is 0 Å². The van der Waals surface area contributed by atoms with Gasteiger partial charge in [0.1, 0.15) is 0 Å². The quantitative estimate of drug-likeness (QED) is 0.771. The fourth-order valence-corrected chi connectivity index (χ4v) is 3.96. The topological polar surface area (TPSA) is 78.4 Å². The van der Waals surface area contributed by atoms with E-state index in [0.717, 1.165) is 5.56 Å². The molecule has 0 bridgehead atoms. The maximum atomic E-state index is 12.5. The van der Waals surface area contributed by atoms with E-state index in [1.165, 1.54) is 0 Å². The van der Waals surface area contributed by atoms with Crippen LogP contribution in [-0.2, 0) is 10.0 Å². The number of rotatable bonds is 5. The Hall–Kier alpha value is -0.950. The minimum absolute atomic E-state index is 0.0798. The maximum Gasteiger partial charge on any atom is 0.240 e. The second kappa shape index (κ2) is 6.87. The Balaban J connectivity index is 2.12. The maximum absolute atomic E-state index is 12.5. The van der Waals surface area contributed by atoms with Crippen molar-refractivity contribution in [2.75, 3.05) is 7.05 Å². The van der Waals surface area contributed by atoms with Crippen LogP contribution in [0, 0.1) is 0 Å². The van der Waals surface area contributed by atoms with Crippen molar-refractivity contribution in [3.05, 3.63) is 29.8 Å². The third kappa shape index (κ3) is 4.26. The average Bonchev–Trinajstić information content (AvgIpc) is 2.49. The van der Waals surface area contributed by atoms with Gasteiger partial charge in [-0.2, -0.15) is 0 Å². The van der Waals surface area contributed by atoms with E-state index in [0.29, 0.717) is 30.6 Å². The van der Waals surface area contributed by atoms with Gasteiger partial charge in [-0.1, -0.05) is 12.1 Å². The van der Waals surface area contributed by atoms with Gasteiger partial charge in [-0.25, -0.2) is 13.1 Å². The van der Waals surface area contributed by atoms with Crippen molar-refractivity contribution in [2.45, 2.75) is 55.7 Å². The van der Waals surface area contributed by atoms with E-state index in [1.54, 1.807) is 18.2 Å². The Labute approximate surface area is 126 Å². The molecule has 0 radical (unpaired) electrons. The van der Waals surface area contributed by atoms with Gasteiger partial charge in [-0.05, 0) is 57.4 Å². The smallest absolute Gasteiger partial charge is 0.240 e. The summed E-state index contributed by atoms with van der Waals surface area (Å²) in [6, 6.07) is 7.03. The molecule has 5 nitrogen and oxygen atoms in total. The van der Waals surface area contributed by atoms with E-state index in [9.17, 15) is 13.5 Å². The molecule has 0 heterocycles. The van der Waals surface area contributed by atoms with Crippen LogP contribution >= 0.6 is 0 Å². The zero-order valence-electron chi connectivity index (χ0n) is 12.5. The SMILES string of the molecule is CNC(C)c1cccc(S(=O)(=O)NC2CCC(O)CC2)c1. The lowest BCUT2D eigenvalue weighted by Crippen LogP contribution is -2.38. The predicted octanol–water partition coefficient (Wildman–Crippen LogP) is 1.55. The minimum atomic E-state index is -3.50. The molecular formula is C15H24N2O3S. The first-order valence-corrected chi connectivity index (χ1v) is 8.88. The molecule has 2 rings (SSSR count). The predicted molar refractivity (Wildman–Crippen MR) is 82.5 cm³/mol. The van der Waals surface area contributed by atoms with Crippen molar-refractivity contribution in [3.8, 4) is 0 Å². The number of nitrogens with one attached hydrogen (secondary N) is 2. The summed E-state index contributed by atoms with van der Waals surface area (Å²) in [5, 5.41) is 12.6. The van der Waals surface area contributed by atoms with Gasteiger partial charge < -0.3 is 10.4 Å². The molecule has 1 unspecified atom stereocenters. The van der Waals surface area contributed by atoms with Crippen molar-refractivity contribution in [3.63, 3.8) is 0 Å². The fraction of sp³-hybridized carbons (Fsp3) is 0.600. The summed E-state index contributed by atoms with van der Waals surface area (Å²) in [6.45, 7) is 1.99. The molecular weight excluding hydrogens is 288 g/mol. The zero-order chi connectivity index (χ0) is 15.5. The highest BCUT2D eigenvalue weighted by Crippen LogP contribution is 2.22. The van der Waals surface area contributed by atoms with Crippen molar-refractivity contribution >= 4 is 10.0 Å². The van der Waals surface area contributed by atoms with Gasteiger partial charge in [0, 0.05) is 12.1 Å². The van der Waals surface area contributed by atoms with Crippen LogP contribution in [0.25, 0.3) is 0 Å². The van der Waals surface area contributed by atoms with Crippen molar-refractivity contribution in [1.82, 2.24) is 10.0 Å². The summed E-state index contributed by atoms with van der Waals surface area (Å²) in [4.78, 5) is 0.299. The molecule has 1 saturated carbocycles. The van der Waals surface area contributed by atoms with E-state index in [4.69, 9.17) is 0 Å². The van der Waals surface area contributed by atoms with Crippen molar-refractivity contribution in [2.24, 2.45) is 0 Å². The van der Waals surface area contributed by atoms with Crippen LogP contribution in [0.4, 0.5) is 0 Å². The molecule has 1 aliphatic carbocycles. The first-order chi connectivity index (χ1) is 9.92. The highest BCUT2D eigenvalue weighted by molar-refractivity contribution is 7.89. The summed E-state index contributed by atoms with van der Waals surface area (Å²) in [5.74, 6) is 0. The van der Waals surface area contributed by atoms with Gasteiger partial charge >= 0.3 is 0 Å². The molecule has 0 aromatic heterocycles. The largest absolute Gasteiger partial charge is 0.393 e. The highest BCUT2D eigenvalue weighted by atomic mass is 32.2. The van der Waals surface area contributed by atoms with Gasteiger partial charge in [-0.15, -0.1) is 0 Å². The summed E-state index contributed by atoms with van der Waals surface area (Å²) >= 11 is 0. The van der Waals surface area contributed by atoms with E-state index >= 15 is 0 Å². The third-order valence-corrected chi connectivity index (χ3v) is 5.64. The van der Waals surface area contributed by atoms with Gasteiger partial charge in [0.2, 0.25) is 10.0 Å². The summed E-state index contributed by atoms with van der Waals surface area (Å²) < 4.78 is 27.7. The van der Waals surface area contributed by atoms with Crippen LogP contribution in [0.15, 0.2) is 29.2 Å². The number of benzene rings is 1. The minimum Gasteiger partial charge on any atom is -0.393 e. The lowest BCUT2D eigenvalue weighted by atomic mass is 9.94. The van der Waals surface area contributed by atoms with E-state index in [-0.39, 0.29) is 18.2 Å². The Morgan fingerprint density at radius 1 is 1.24 bits per heavy atom. The second-order valence-corrected chi connectivity index (χ2v) is 7.42. The molecule has 0 amide bonds. The van der Waals surface area contributed by atoms with Crippen molar-refractivity contribution in [1.29, 1.82) is 0 Å². The van der Waals surface area contributed by atoms with E-state index in [2.05, 4.69) is 10.0 Å². The number of hydrogen-bond acceptors (Lipinski definition) is 4. The molecule has 1 atom stereocenters. The Bertz CT molecular complexity index is 566. The molecule has 0 saturated heterocycles. The van der Waals surface area contributed by atoms with Crippen molar-refractivity contribution < 1.29 is 13.5 Å². The molecule has 1 fully saturated rings. The molecule has 3 N–H and O–H groups in total. The first-order valence-electron chi connectivity index (χ1n) is 7.40. The fourth-order valence-electron chi connectivity index (χ4n) is 2.60. The lowest BCUT2D eigenvalue weighted by Gasteiger charge is -2.26. The number of sulfonamides is 1. The average molecular weight is 312 g/mol. The second-order valence-electron chi connectivity index (χ2n) is 5.71. The Morgan fingerprint density at radius 2 is 1.90 bits per heavy atom. The number of hydrogen-bond donors (Lipinski definition) is 3. The molecule has 118 valence electrons. The summed E-state index contributed by atoms with van der Waals surface area (Å²) in [5.41, 5.74) is 0.944. The molecule has 21 heavy (non-hydrogen) atoms. The highest BCUT2D eigenvalue weighted by Gasteiger charge is 2.25. The van der Waals surface area contributed by atoms with Crippen LogP contribution in [0.3, 0.4) is 0 Å². The molecule has 0 aliphatic heterocycles.